The lowest BCUT2D eigenvalue weighted by molar-refractivity contribution is 0.102. The summed E-state index contributed by atoms with van der Waals surface area (Å²) < 4.78 is 14.5. The number of amides is 1. The highest BCUT2D eigenvalue weighted by Crippen LogP contribution is 2.18. The van der Waals surface area contributed by atoms with Crippen LogP contribution in [0.2, 0.25) is 0 Å². The van der Waals surface area contributed by atoms with Gasteiger partial charge in [0.2, 0.25) is 0 Å². The number of benzene rings is 2. The molecular formula is C18H16FN3O3. The van der Waals surface area contributed by atoms with Crippen molar-refractivity contribution in [2.24, 2.45) is 0 Å². The molecule has 0 atom stereocenters. The maximum atomic E-state index is 13.1. The molecule has 25 heavy (non-hydrogen) atoms. The molecule has 0 fully saturated rings. The van der Waals surface area contributed by atoms with Crippen molar-refractivity contribution in [3.63, 3.8) is 0 Å². The molecule has 0 bridgehead atoms. The summed E-state index contributed by atoms with van der Waals surface area (Å²) in [4.78, 5) is 38.5. The second-order valence-electron chi connectivity index (χ2n) is 5.65. The molecule has 0 saturated carbocycles. The average molecular weight is 341 g/mol. The van der Waals surface area contributed by atoms with Gasteiger partial charge in [0, 0.05) is 17.8 Å². The molecule has 0 spiro atoms. The number of nitrogens with one attached hydrogen (secondary N) is 2. The summed E-state index contributed by atoms with van der Waals surface area (Å²) in [5.74, 6) is -0.775. The van der Waals surface area contributed by atoms with Crippen LogP contribution in [0.5, 0.6) is 0 Å². The highest BCUT2D eigenvalue weighted by atomic mass is 19.1. The summed E-state index contributed by atoms with van der Waals surface area (Å²) >= 11 is 0. The van der Waals surface area contributed by atoms with Gasteiger partial charge in [-0.3, -0.25) is 14.4 Å². The van der Waals surface area contributed by atoms with E-state index in [1.54, 1.807) is 26.0 Å². The number of aromatic amines is 1. The van der Waals surface area contributed by atoms with Crippen LogP contribution in [-0.4, -0.2) is 15.5 Å². The number of aromatic nitrogens is 2. The number of rotatable bonds is 3. The van der Waals surface area contributed by atoms with Crippen LogP contribution in [0.4, 0.5) is 10.1 Å². The number of fused-ring (bicyclic) bond motifs is 1. The van der Waals surface area contributed by atoms with Crippen LogP contribution in [0.1, 0.15) is 22.8 Å². The van der Waals surface area contributed by atoms with Gasteiger partial charge >= 0.3 is 11.1 Å². The van der Waals surface area contributed by atoms with Crippen LogP contribution < -0.4 is 16.4 Å². The number of anilines is 1. The van der Waals surface area contributed by atoms with Crippen LogP contribution >= 0.6 is 0 Å². The van der Waals surface area contributed by atoms with Crippen LogP contribution in [0.3, 0.4) is 0 Å². The molecule has 1 amide bonds. The summed E-state index contributed by atoms with van der Waals surface area (Å²) in [5.41, 5.74) is 0.987. The van der Waals surface area contributed by atoms with Gasteiger partial charge in [0.05, 0.1) is 11.0 Å². The van der Waals surface area contributed by atoms with Crippen LogP contribution in [0.15, 0.2) is 46.0 Å². The Hall–Kier alpha value is -3.22. The van der Waals surface area contributed by atoms with E-state index < -0.39 is 17.0 Å². The molecule has 7 heteroatoms. The number of carbonyl (C=O) groups excluding carboxylic acids is 1. The fraction of sp³-hybridized carbons (Fsp3) is 0.167. The standard InChI is InChI=1S/C18H16FN3O3/c1-3-22-15-7-4-11(9-14(15)21-17(24)18(22)25)16(23)20-13-6-5-12(19)8-10(13)2/h4-9H,3H2,1-2H3,(H,20,23)(H,21,24). The predicted molar refractivity (Wildman–Crippen MR) is 93.6 cm³/mol. The van der Waals surface area contributed by atoms with Crippen molar-refractivity contribution in [1.82, 2.24) is 9.55 Å². The van der Waals surface area contributed by atoms with E-state index >= 15 is 0 Å². The molecular weight excluding hydrogens is 325 g/mol. The van der Waals surface area contributed by atoms with Gasteiger partial charge in [-0.25, -0.2) is 4.39 Å². The average Bonchev–Trinajstić information content (AvgIpc) is 2.58. The van der Waals surface area contributed by atoms with Gasteiger partial charge in [0.25, 0.3) is 5.91 Å². The third-order valence-corrected chi connectivity index (χ3v) is 3.99. The molecule has 1 aromatic heterocycles. The number of hydrogen-bond acceptors (Lipinski definition) is 3. The van der Waals surface area contributed by atoms with E-state index in [0.717, 1.165) is 0 Å². The molecule has 3 aromatic rings. The van der Waals surface area contributed by atoms with Crippen molar-refractivity contribution >= 4 is 22.6 Å². The van der Waals surface area contributed by atoms with Gasteiger partial charge < -0.3 is 14.9 Å². The summed E-state index contributed by atoms with van der Waals surface area (Å²) in [6.45, 7) is 3.80. The van der Waals surface area contributed by atoms with E-state index in [4.69, 9.17) is 0 Å². The fourth-order valence-corrected chi connectivity index (χ4v) is 2.70. The molecule has 0 aliphatic rings. The monoisotopic (exact) mass is 341 g/mol. The Bertz CT molecular complexity index is 1100. The molecule has 6 nitrogen and oxygen atoms in total. The number of nitrogens with zero attached hydrogens (tertiary/aromatic N) is 1. The number of carbonyl (C=O) groups is 1. The van der Waals surface area contributed by atoms with Crippen molar-refractivity contribution in [2.45, 2.75) is 20.4 Å². The maximum absolute atomic E-state index is 13.1. The molecule has 2 N–H and O–H groups in total. The van der Waals surface area contributed by atoms with Crippen molar-refractivity contribution in [1.29, 1.82) is 0 Å². The summed E-state index contributed by atoms with van der Waals surface area (Å²) in [6.07, 6.45) is 0. The Morgan fingerprint density at radius 1 is 1.20 bits per heavy atom. The predicted octanol–water partition coefficient (Wildman–Crippen LogP) is 2.41. The maximum Gasteiger partial charge on any atom is 0.316 e. The Morgan fingerprint density at radius 3 is 2.64 bits per heavy atom. The first kappa shape index (κ1) is 16.6. The normalized spacial score (nSPS) is 10.8. The minimum Gasteiger partial charge on any atom is -0.322 e. The minimum atomic E-state index is -0.735. The van der Waals surface area contributed by atoms with Gasteiger partial charge in [0.1, 0.15) is 5.82 Å². The number of H-pyrrole nitrogens is 1. The Kier molecular flexibility index (Phi) is 4.22. The van der Waals surface area contributed by atoms with Gasteiger partial charge in [-0.2, -0.15) is 0 Å². The lowest BCUT2D eigenvalue weighted by Crippen LogP contribution is -2.36. The zero-order valence-electron chi connectivity index (χ0n) is 13.7. The van der Waals surface area contributed by atoms with E-state index in [9.17, 15) is 18.8 Å². The second-order valence-corrected chi connectivity index (χ2v) is 5.65. The third-order valence-electron chi connectivity index (χ3n) is 3.99. The molecule has 2 aromatic carbocycles. The van der Waals surface area contributed by atoms with Crippen molar-refractivity contribution in [2.75, 3.05) is 5.32 Å². The Labute approximate surface area is 141 Å². The van der Waals surface area contributed by atoms with Crippen molar-refractivity contribution < 1.29 is 9.18 Å². The molecule has 128 valence electrons. The van der Waals surface area contributed by atoms with Crippen molar-refractivity contribution in [3.8, 4) is 0 Å². The van der Waals surface area contributed by atoms with E-state index in [1.807, 2.05) is 0 Å². The summed E-state index contributed by atoms with van der Waals surface area (Å²) in [5, 5.41) is 2.71. The second kappa shape index (κ2) is 6.35. The molecule has 0 saturated heterocycles. The topological polar surface area (TPSA) is 84.0 Å². The van der Waals surface area contributed by atoms with Crippen molar-refractivity contribution in [3.05, 3.63) is 74.0 Å². The largest absolute Gasteiger partial charge is 0.322 e. The fourth-order valence-electron chi connectivity index (χ4n) is 2.70. The SMILES string of the molecule is CCn1c(=O)c(=O)[nH]c2cc(C(=O)Nc3ccc(F)cc3C)ccc21. The summed E-state index contributed by atoms with van der Waals surface area (Å²) in [6, 6.07) is 8.77. The van der Waals surface area contributed by atoms with Gasteiger partial charge in [-0.15, -0.1) is 0 Å². The van der Waals surface area contributed by atoms with E-state index in [0.29, 0.717) is 34.4 Å². The molecule has 0 unspecified atom stereocenters. The minimum absolute atomic E-state index is 0.313. The molecule has 0 aliphatic carbocycles. The third kappa shape index (κ3) is 3.08. The zero-order chi connectivity index (χ0) is 18.1. The summed E-state index contributed by atoms with van der Waals surface area (Å²) in [7, 11) is 0. The smallest absolute Gasteiger partial charge is 0.316 e. The lowest BCUT2D eigenvalue weighted by Gasteiger charge is -2.10. The first-order valence-electron chi connectivity index (χ1n) is 7.75. The van der Waals surface area contributed by atoms with E-state index in [2.05, 4.69) is 10.3 Å². The highest BCUT2D eigenvalue weighted by Gasteiger charge is 2.12. The van der Waals surface area contributed by atoms with Gasteiger partial charge in [-0.05, 0) is 55.8 Å². The van der Waals surface area contributed by atoms with Crippen LogP contribution in [0.25, 0.3) is 11.0 Å². The van der Waals surface area contributed by atoms with Crippen LogP contribution in [-0.2, 0) is 6.54 Å². The van der Waals surface area contributed by atoms with E-state index in [1.165, 1.54) is 28.8 Å². The molecule has 3 rings (SSSR count). The van der Waals surface area contributed by atoms with Gasteiger partial charge in [0.15, 0.2) is 0 Å². The van der Waals surface area contributed by atoms with Gasteiger partial charge in [-0.1, -0.05) is 0 Å². The number of aryl methyl sites for hydroxylation is 2. The Morgan fingerprint density at radius 2 is 1.96 bits per heavy atom. The highest BCUT2D eigenvalue weighted by molar-refractivity contribution is 6.06. The first-order valence-corrected chi connectivity index (χ1v) is 7.75. The number of halogens is 1. The molecule has 1 heterocycles. The Balaban J connectivity index is 2.01. The van der Waals surface area contributed by atoms with E-state index in [-0.39, 0.29) is 5.82 Å². The molecule has 0 radical (unpaired) electrons. The zero-order valence-corrected chi connectivity index (χ0v) is 13.7. The van der Waals surface area contributed by atoms with Crippen LogP contribution in [0, 0.1) is 12.7 Å². The number of hydrogen-bond donors (Lipinski definition) is 2. The first-order chi connectivity index (χ1) is 11.9. The molecule has 0 aliphatic heterocycles. The lowest BCUT2D eigenvalue weighted by atomic mass is 10.1. The quantitative estimate of drug-likeness (QED) is 0.718.